The average molecular weight is 165 g/mol. The lowest BCUT2D eigenvalue weighted by molar-refractivity contribution is 0.532. The van der Waals surface area contributed by atoms with Crippen LogP contribution in [0.25, 0.3) is 0 Å². The Balaban J connectivity index is 2.77. The smallest absolute Gasteiger partial charge is 0.0299 e. The van der Waals surface area contributed by atoms with E-state index in [0.29, 0.717) is 12.0 Å². The quantitative estimate of drug-likeness (QED) is 0.645. The predicted octanol–water partition coefficient (Wildman–Crippen LogP) is 3.58. The highest BCUT2D eigenvalue weighted by molar-refractivity contribution is 5.14. The van der Waals surface area contributed by atoms with E-state index in [1.807, 2.05) is 0 Å². The molecule has 12 heavy (non-hydrogen) atoms. The molecule has 0 aliphatic rings. The lowest BCUT2D eigenvalue weighted by Gasteiger charge is -2.10. The van der Waals surface area contributed by atoms with E-state index >= 15 is 0 Å². The van der Waals surface area contributed by atoms with Gasteiger partial charge in [-0.2, -0.15) is 0 Å². The molecule has 0 aliphatic heterocycles. The summed E-state index contributed by atoms with van der Waals surface area (Å²) in [6, 6.07) is 2.86. The molecule has 0 radical (unpaired) electrons. The van der Waals surface area contributed by atoms with Crippen molar-refractivity contribution in [1.29, 1.82) is 0 Å². The van der Waals surface area contributed by atoms with Gasteiger partial charge in [-0.3, -0.25) is 0 Å². The van der Waals surface area contributed by atoms with Crippen molar-refractivity contribution in [1.82, 2.24) is 4.57 Å². The molecule has 68 valence electrons. The Labute approximate surface area is 75.4 Å². The van der Waals surface area contributed by atoms with Crippen LogP contribution in [0.1, 0.15) is 51.6 Å². The third kappa shape index (κ3) is 1.90. The molecular formula is C11H19N. The van der Waals surface area contributed by atoms with Gasteiger partial charge in [0.2, 0.25) is 0 Å². The van der Waals surface area contributed by atoms with E-state index in [9.17, 15) is 0 Å². The largest absolute Gasteiger partial charge is 0.351 e. The van der Waals surface area contributed by atoms with E-state index in [1.54, 1.807) is 0 Å². The highest BCUT2D eigenvalue weighted by atomic mass is 15.0. The van der Waals surface area contributed by atoms with Crippen LogP contribution in [-0.4, -0.2) is 4.57 Å². The Morgan fingerprint density at radius 1 is 1.33 bits per heavy atom. The van der Waals surface area contributed by atoms with Crippen molar-refractivity contribution in [3.63, 3.8) is 0 Å². The normalized spacial score (nSPS) is 13.8. The first-order valence-corrected chi connectivity index (χ1v) is 4.82. The molecule has 0 saturated heterocycles. The lowest BCUT2D eigenvalue weighted by atomic mass is 10.1. The summed E-state index contributed by atoms with van der Waals surface area (Å²) >= 11 is 0. The van der Waals surface area contributed by atoms with E-state index < -0.39 is 0 Å². The predicted molar refractivity (Wildman–Crippen MR) is 53.5 cm³/mol. The minimum absolute atomic E-state index is 0.637. The lowest BCUT2D eigenvalue weighted by Crippen LogP contribution is -1.99. The SMILES string of the molecule is CCC(C)n1ccc(C(C)C)c1. The molecule has 0 fully saturated rings. The van der Waals surface area contributed by atoms with Crippen LogP contribution in [0.4, 0.5) is 0 Å². The molecule has 1 unspecified atom stereocenters. The minimum Gasteiger partial charge on any atom is -0.351 e. The topological polar surface area (TPSA) is 4.93 Å². The molecule has 0 spiro atoms. The number of hydrogen-bond donors (Lipinski definition) is 0. The summed E-state index contributed by atoms with van der Waals surface area (Å²) in [6.07, 6.45) is 5.65. The second-order valence-electron chi connectivity index (χ2n) is 3.80. The van der Waals surface area contributed by atoms with Crippen LogP contribution >= 0.6 is 0 Å². The molecule has 1 aromatic rings. The van der Waals surface area contributed by atoms with E-state index in [4.69, 9.17) is 0 Å². The van der Waals surface area contributed by atoms with Gasteiger partial charge in [0.25, 0.3) is 0 Å². The van der Waals surface area contributed by atoms with E-state index in [0.717, 1.165) is 0 Å². The van der Waals surface area contributed by atoms with Crippen molar-refractivity contribution in [2.45, 2.75) is 46.1 Å². The zero-order valence-corrected chi connectivity index (χ0v) is 8.54. The number of hydrogen-bond acceptors (Lipinski definition) is 0. The molecule has 0 N–H and O–H groups in total. The Hall–Kier alpha value is -0.720. The minimum atomic E-state index is 0.637. The average Bonchev–Trinajstić information content (AvgIpc) is 2.51. The van der Waals surface area contributed by atoms with Crippen molar-refractivity contribution < 1.29 is 0 Å². The standard InChI is InChI=1S/C11H19N/c1-5-10(4)12-7-6-11(8-12)9(2)3/h6-10H,5H2,1-4H3. The molecular weight excluding hydrogens is 146 g/mol. The van der Waals surface area contributed by atoms with Gasteiger partial charge in [-0.05, 0) is 30.9 Å². The Kier molecular flexibility index (Phi) is 2.96. The van der Waals surface area contributed by atoms with Crippen molar-refractivity contribution in [2.75, 3.05) is 0 Å². The molecule has 0 bridgehead atoms. The number of rotatable bonds is 3. The van der Waals surface area contributed by atoms with Crippen molar-refractivity contribution >= 4 is 0 Å². The zero-order valence-electron chi connectivity index (χ0n) is 8.54. The van der Waals surface area contributed by atoms with Gasteiger partial charge in [0, 0.05) is 18.4 Å². The first-order chi connectivity index (χ1) is 5.65. The van der Waals surface area contributed by atoms with E-state index in [1.165, 1.54) is 12.0 Å². The first kappa shape index (κ1) is 9.37. The molecule has 0 amide bonds. The number of nitrogens with zero attached hydrogens (tertiary/aromatic N) is 1. The maximum Gasteiger partial charge on any atom is 0.0299 e. The van der Waals surface area contributed by atoms with Crippen molar-refractivity contribution in [2.24, 2.45) is 0 Å². The van der Waals surface area contributed by atoms with Crippen LogP contribution in [0.5, 0.6) is 0 Å². The van der Waals surface area contributed by atoms with Gasteiger partial charge in [-0.25, -0.2) is 0 Å². The van der Waals surface area contributed by atoms with Crippen molar-refractivity contribution in [3.05, 3.63) is 24.0 Å². The molecule has 0 aromatic carbocycles. The van der Waals surface area contributed by atoms with Crippen LogP contribution in [0.15, 0.2) is 18.5 Å². The summed E-state index contributed by atoms with van der Waals surface area (Å²) in [5.41, 5.74) is 1.44. The van der Waals surface area contributed by atoms with Crippen LogP contribution < -0.4 is 0 Å². The summed E-state index contributed by atoms with van der Waals surface area (Å²) in [7, 11) is 0. The third-order valence-corrected chi connectivity index (χ3v) is 2.50. The monoisotopic (exact) mass is 165 g/mol. The van der Waals surface area contributed by atoms with Crippen LogP contribution in [0.3, 0.4) is 0 Å². The van der Waals surface area contributed by atoms with Crippen LogP contribution in [0, 0.1) is 0 Å². The van der Waals surface area contributed by atoms with Gasteiger partial charge in [0.15, 0.2) is 0 Å². The Bertz CT molecular complexity index is 235. The van der Waals surface area contributed by atoms with Crippen LogP contribution in [-0.2, 0) is 0 Å². The van der Waals surface area contributed by atoms with Gasteiger partial charge in [0.05, 0.1) is 0 Å². The van der Waals surface area contributed by atoms with Gasteiger partial charge in [-0.15, -0.1) is 0 Å². The van der Waals surface area contributed by atoms with E-state index in [-0.39, 0.29) is 0 Å². The first-order valence-electron chi connectivity index (χ1n) is 4.82. The molecule has 1 rings (SSSR count). The van der Waals surface area contributed by atoms with Gasteiger partial charge >= 0.3 is 0 Å². The molecule has 1 nitrogen and oxygen atoms in total. The van der Waals surface area contributed by atoms with Gasteiger partial charge < -0.3 is 4.57 Å². The summed E-state index contributed by atoms with van der Waals surface area (Å²) < 4.78 is 2.30. The molecule has 1 heterocycles. The summed E-state index contributed by atoms with van der Waals surface area (Å²) in [5, 5.41) is 0. The molecule has 1 aromatic heterocycles. The fraction of sp³-hybridized carbons (Fsp3) is 0.636. The maximum atomic E-state index is 2.30. The van der Waals surface area contributed by atoms with E-state index in [2.05, 4.69) is 50.7 Å². The van der Waals surface area contributed by atoms with Gasteiger partial charge in [0.1, 0.15) is 0 Å². The van der Waals surface area contributed by atoms with Crippen molar-refractivity contribution in [3.8, 4) is 0 Å². The fourth-order valence-corrected chi connectivity index (χ4v) is 1.26. The second kappa shape index (κ2) is 3.79. The maximum absolute atomic E-state index is 2.30. The Morgan fingerprint density at radius 3 is 2.42 bits per heavy atom. The third-order valence-electron chi connectivity index (χ3n) is 2.50. The van der Waals surface area contributed by atoms with Crippen LogP contribution in [0.2, 0.25) is 0 Å². The highest BCUT2D eigenvalue weighted by Crippen LogP contribution is 2.18. The molecule has 1 heteroatoms. The summed E-state index contributed by atoms with van der Waals surface area (Å²) in [5.74, 6) is 0.648. The summed E-state index contributed by atoms with van der Waals surface area (Å²) in [6.45, 7) is 8.94. The molecule has 0 aliphatic carbocycles. The highest BCUT2D eigenvalue weighted by Gasteiger charge is 2.04. The summed E-state index contributed by atoms with van der Waals surface area (Å²) in [4.78, 5) is 0. The molecule has 0 saturated carbocycles. The zero-order chi connectivity index (χ0) is 9.14. The fourth-order valence-electron chi connectivity index (χ4n) is 1.26. The number of aromatic nitrogens is 1. The second-order valence-corrected chi connectivity index (χ2v) is 3.80. The van der Waals surface area contributed by atoms with Gasteiger partial charge in [-0.1, -0.05) is 20.8 Å². The molecule has 1 atom stereocenters. The Morgan fingerprint density at radius 2 is 2.00 bits per heavy atom.